The number of ether oxygens (including phenoxy) is 3. The van der Waals surface area contributed by atoms with Crippen LogP contribution in [-0.4, -0.2) is 44.5 Å². The van der Waals surface area contributed by atoms with Crippen molar-refractivity contribution in [2.45, 2.75) is 13.8 Å². The van der Waals surface area contributed by atoms with E-state index in [0.29, 0.717) is 5.69 Å². The van der Waals surface area contributed by atoms with Crippen LogP contribution in [0.25, 0.3) is 21.8 Å². The molecule has 7 nitrogen and oxygen atoms in total. The van der Waals surface area contributed by atoms with Crippen molar-refractivity contribution in [1.82, 2.24) is 4.98 Å². The Labute approximate surface area is 196 Å². The van der Waals surface area contributed by atoms with E-state index >= 15 is 0 Å². The van der Waals surface area contributed by atoms with Gasteiger partial charge in [0.1, 0.15) is 17.4 Å². The molecule has 4 rings (SSSR count). The molecule has 1 aliphatic heterocycles. The van der Waals surface area contributed by atoms with E-state index in [0.717, 1.165) is 21.8 Å². The number of hydrogen-bond acceptors (Lipinski definition) is 8. The molecule has 1 aromatic heterocycles. The zero-order chi connectivity index (χ0) is 23.5. The maximum Gasteiger partial charge on any atom is 0.355 e. The second-order valence-corrected chi connectivity index (χ2v) is 8.48. The van der Waals surface area contributed by atoms with E-state index in [4.69, 9.17) is 19.2 Å². The number of carbonyl (C=O) groups excluding carboxylic acids is 2. The number of aromatic nitrogens is 1. The number of benzene rings is 2. The summed E-state index contributed by atoms with van der Waals surface area (Å²) in [7, 11) is 2.54. The van der Waals surface area contributed by atoms with Gasteiger partial charge in [0.2, 0.25) is 0 Å². The number of carbonyl (C=O) groups is 2. The smallest absolute Gasteiger partial charge is 0.355 e. The molecule has 0 N–H and O–H groups in total. The zero-order valence-electron chi connectivity index (χ0n) is 18.9. The highest BCUT2D eigenvalue weighted by atomic mass is 32.1. The van der Waals surface area contributed by atoms with E-state index < -0.39 is 11.9 Å². The average Bonchev–Trinajstić information content (AvgIpc) is 3.32. The molecule has 3 aromatic rings. The number of thiazole rings is 1. The molecule has 0 fully saturated rings. The minimum atomic E-state index is -0.630. The minimum absolute atomic E-state index is 0.0287. The van der Waals surface area contributed by atoms with Gasteiger partial charge in [-0.2, -0.15) is 0 Å². The Hall–Kier alpha value is -3.49. The summed E-state index contributed by atoms with van der Waals surface area (Å²) in [6, 6.07) is 13.9. The highest BCUT2D eigenvalue weighted by Gasteiger charge is 2.32. The zero-order valence-corrected chi connectivity index (χ0v) is 19.7. The van der Waals surface area contributed by atoms with E-state index in [1.807, 2.05) is 29.6 Å². The van der Waals surface area contributed by atoms with Gasteiger partial charge in [0.15, 0.2) is 0 Å². The molecule has 0 spiro atoms. The van der Waals surface area contributed by atoms with Crippen LogP contribution in [-0.2, 0) is 23.8 Å². The van der Waals surface area contributed by atoms with Crippen molar-refractivity contribution in [2.24, 2.45) is 0 Å². The largest absolute Gasteiger partial charge is 0.466 e. The van der Waals surface area contributed by atoms with E-state index in [1.165, 1.54) is 25.3 Å². The standard InChI is InChI=1S/C25H24N2O5S/c1-15-8-9-19(16(2)10-15)21-13-33-23(26-21)17-6-5-7-18(11-17)27-14-32-12-20(24(28)30-3)22(27)25(29)31-4/h5-11,13H,12,14H2,1-4H3. The SMILES string of the molecule is COC(=O)C1=C(C(=O)OC)N(c2cccc(-c3nc(-c4ccc(C)cc4C)cs3)c2)COC1. The Kier molecular flexibility index (Phi) is 6.57. The summed E-state index contributed by atoms with van der Waals surface area (Å²) < 4.78 is 15.3. The molecular weight excluding hydrogens is 440 g/mol. The first kappa shape index (κ1) is 22.7. The summed E-state index contributed by atoms with van der Waals surface area (Å²) in [6.07, 6.45) is 0. The lowest BCUT2D eigenvalue weighted by Crippen LogP contribution is -2.38. The third kappa shape index (κ3) is 4.53. The molecule has 2 aromatic carbocycles. The molecule has 0 aliphatic carbocycles. The lowest BCUT2D eigenvalue weighted by molar-refractivity contribution is -0.140. The number of aryl methyl sites for hydroxylation is 2. The van der Waals surface area contributed by atoms with Crippen LogP contribution >= 0.6 is 11.3 Å². The van der Waals surface area contributed by atoms with E-state index in [1.54, 1.807) is 16.2 Å². The van der Waals surface area contributed by atoms with Crippen LogP contribution in [0.4, 0.5) is 5.69 Å². The van der Waals surface area contributed by atoms with Gasteiger partial charge >= 0.3 is 11.9 Å². The average molecular weight is 465 g/mol. The first-order chi connectivity index (χ1) is 15.9. The molecule has 8 heteroatoms. The number of esters is 2. The van der Waals surface area contributed by atoms with Crippen LogP contribution in [0, 0.1) is 13.8 Å². The maximum atomic E-state index is 12.6. The number of anilines is 1. The summed E-state index contributed by atoms with van der Waals surface area (Å²) >= 11 is 1.55. The fraction of sp³-hybridized carbons (Fsp3) is 0.240. The Balaban J connectivity index is 1.72. The number of nitrogens with zero attached hydrogens (tertiary/aromatic N) is 2. The molecule has 33 heavy (non-hydrogen) atoms. The fourth-order valence-corrected chi connectivity index (χ4v) is 4.60. The Morgan fingerprint density at radius 2 is 1.85 bits per heavy atom. The van der Waals surface area contributed by atoms with Crippen LogP contribution in [0.5, 0.6) is 0 Å². The van der Waals surface area contributed by atoms with E-state index in [2.05, 4.69) is 32.0 Å². The number of methoxy groups -OCH3 is 2. The van der Waals surface area contributed by atoms with Gasteiger partial charge in [0.05, 0.1) is 32.1 Å². The molecule has 0 saturated carbocycles. The van der Waals surface area contributed by atoms with Crippen molar-refractivity contribution >= 4 is 29.0 Å². The van der Waals surface area contributed by atoms with Gasteiger partial charge in [-0.3, -0.25) is 0 Å². The molecule has 0 atom stereocenters. The molecule has 0 amide bonds. The van der Waals surface area contributed by atoms with E-state index in [9.17, 15) is 9.59 Å². The molecule has 170 valence electrons. The minimum Gasteiger partial charge on any atom is -0.466 e. The second kappa shape index (κ2) is 9.56. The summed E-state index contributed by atoms with van der Waals surface area (Å²) in [5.41, 5.74) is 6.21. The van der Waals surface area contributed by atoms with Gasteiger partial charge < -0.3 is 19.1 Å². The number of rotatable bonds is 5. The van der Waals surface area contributed by atoms with Crippen LogP contribution in [0.15, 0.2) is 59.1 Å². The quantitative estimate of drug-likeness (QED) is 0.515. The van der Waals surface area contributed by atoms with Crippen molar-refractivity contribution in [1.29, 1.82) is 0 Å². The van der Waals surface area contributed by atoms with Crippen molar-refractivity contribution in [3.63, 3.8) is 0 Å². The molecule has 0 radical (unpaired) electrons. The second-order valence-electron chi connectivity index (χ2n) is 7.62. The summed E-state index contributed by atoms with van der Waals surface area (Å²) in [4.78, 5) is 31.3. The summed E-state index contributed by atoms with van der Waals surface area (Å²) in [5.74, 6) is -1.26. The third-order valence-electron chi connectivity index (χ3n) is 5.40. The topological polar surface area (TPSA) is 78.0 Å². The molecule has 1 aliphatic rings. The normalized spacial score (nSPS) is 13.8. The molecule has 0 saturated heterocycles. The van der Waals surface area contributed by atoms with Crippen molar-refractivity contribution < 1.29 is 23.8 Å². The third-order valence-corrected chi connectivity index (χ3v) is 6.29. The summed E-state index contributed by atoms with van der Waals surface area (Å²) in [5, 5.41) is 2.89. The molecule has 0 unspecified atom stereocenters. The predicted molar refractivity (Wildman–Crippen MR) is 127 cm³/mol. The molecular formula is C25H24N2O5S. The lowest BCUT2D eigenvalue weighted by Gasteiger charge is -2.31. The first-order valence-corrected chi connectivity index (χ1v) is 11.2. The first-order valence-electron chi connectivity index (χ1n) is 10.3. The van der Waals surface area contributed by atoms with E-state index in [-0.39, 0.29) is 24.6 Å². The van der Waals surface area contributed by atoms with Gasteiger partial charge in [-0.15, -0.1) is 11.3 Å². The van der Waals surface area contributed by atoms with Gasteiger partial charge in [-0.05, 0) is 31.5 Å². The maximum absolute atomic E-state index is 12.6. The van der Waals surface area contributed by atoms with Crippen LogP contribution in [0.2, 0.25) is 0 Å². The monoisotopic (exact) mass is 464 g/mol. The highest BCUT2D eigenvalue weighted by Crippen LogP contribution is 2.34. The van der Waals surface area contributed by atoms with Crippen molar-refractivity contribution in [3.8, 4) is 21.8 Å². The van der Waals surface area contributed by atoms with Crippen molar-refractivity contribution in [2.75, 3.05) is 32.5 Å². The fourth-order valence-electron chi connectivity index (χ4n) is 3.79. The van der Waals surface area contributed by atoms with Gasteiger partial charge in [-0.1, -0.05) is 35.9 Å². The Morgan fingerprint density at radius 3 is 2.58 bits per heavy atom. The summed E-state index contributed by atoms with van der Waals surface area (Å²) in [6.45, 7) is 4.22. The Bertz CT molecular complexity index is 1250. The van der Waals surface area contributed by atoms with Crippen LogP contribution < -0.4 is 4.90 Å². The lowest BCUT2D eigenvalue weighted by atomic mass is 10.0. The van der Waals surface area contributed by atoms with Gasteiger partial charge in [0, 0.05) is 22.2 Å². The van der Waals surface area contributed by atoms with Crippen LogP contribution in [0.3, 0.4) is 0 Å². The van der Waals surface area contributed by atoms with Crippen molar-refractivity contribution in [3.05, 3.63) is 70.2 Å². The highest BCUT2D eigenvalue weighted by molar-refractivity contribution is 7.13. The molecule has 2 heterocycles. The Morgan fingerprint density at radius 1 is 1.06 bits per heavy atom. The van der Waals surface area contributed by atoms with Gasteiger partial charge in [0.25, 0.3) is 0 Å². The van der Waals surface area contributed by atoms with Gasteiger partial charge in [-0.25, -0.2) is 14.6 Å². The predicted octanol–water partition coefficient (Wildman–Crippen LogP) is 4.49. The number of hydrogen-bond donors (Lipinski definition) is 0. The molecule has 0 bridgehead atoms. The van der Waals surface area contributed by atoms with Crippen LogP contribution in [0.1, 0.15) is 11.1 Å².